The molecule has 1 amide bonds. The van der Waals surface area contributed by atoms with Crippen LogP contribution in [0.25, 0.3) is 0 Å². The lowest BCUT2D eigenvalue weighted by molar-refractivity contribution is 0.0780. The standard InChI is InChI=1S/C12H15ClN2OS.ClH/c13-9-1-6-17-10(9)11(16)15-5-3-12(8-15)2-4-14-7-12;/h1,6,14H,2-5,7-8H2;1H. The smallest absolute Gasteiger partial charge is 0.265 e. The van der Waals surface area contributed by atoms with E-state index in [1.165, 1.54) is 17.8 Å². The average Bonchev–Trinajstić information content (AvgIpc) is 3.02. The van der Waals surface area contributed by atoms with Crippen molar-refractivity contribution in [2.75, 3.05) is 26.2 Å². The van der Waals surface area contributed by atoms with Crippen molar-refractivity contribution in [2.45, 2.75) is 12.8 Å². The summed E-state index contributed by atoms with van der Waals surface area (Å²) in [6.45, 7) is 3.89. The topological polar surface area (TPSA) is 32.3 Å². The summed E-state index contributed by atoms with van der Waals surface area (Å²) in [6, 6.07) is 1.79. The van der Waals surface area contributed by atoms with Crippen LogP contribution in [0.5, 0.6) is 0 Å². The van der Waals surface area contributed by atoms with Gasteiger partial charge in [0.1, 0.15) is 4.88 Å². The van der Waals surface area contributed by atoms with Crippen molar-refractivity contribution < 1.29 is 4.79 Å². The second-order valence-corrected chi connectivity index (χ2v) is 6.32. The van der Waals surface area contributed by atoms with Crippen LogP contribution in [0.15, 0.2) is 11.4 Å². The lowest BCUT2D eigenvalue weighted by atomic mass is 9.87. The normalized spacial score (nSPS) is 26.6. The number of nitrogens with one attached hydrogen (secondary N) is 1. The molecule has 1 aromatic rings. The Morgan fingerprint density at radius 3 is 2.94 bits per heavy atom. The zero-order valence-corrected chi connectivity index (χ0v) is 12.3. The Hall–Kier alpha value is -0.290. The summed E-state index contributed by atoms with van der Waals surface area (Å²) in [5.74, 6) is 0.105. The van der Waals surface area contributed by atoms with Crippen molar-refractivity contribution in [3.05, 3.63) is 21.3 Å². The van der Waals surface area contributed by atoms with E-state index < -0.39 is 0 Å². The lowest BCUT2D eigenvalue weighted by Gasteiger charge is -2.22. The number of carbonyl (C=O) groups is 1. The summed E-state index contributed by atoms with van der Waals surface area (Å²) in [5.41, 5.74) is 0.333. The molecular weight excluding hydrogens is 291 g/mol. The SMILES string of the molecule is Cl.O=C(c1sccc1Cl)N1CCC2(CCNC2)C1. The highest BCUT2D eigenvalue weighted by atomic mass is 35.5. The molecule has 2 aliphatic rings. The first-order valence-electron chi connectivity index (χ1n) is 5.93. The maximum Gasteiger partial charge on any atom is 0.265 e. The van der Waals surface area contributed by atoms with Gasteiger partial charge >= 0.3 is 0 Å². The van der Waals surface area contributed by atoms with Gasteiger partial charge in [-0.1, -0.05) is 11.6 Å². The van der Waals surface area contributed by atoms with Gasteiger partial charge in [-0.3, -0.25) is 4.79 Å². The number of rotatable bonds is 1. The summed E-state index contributed by atoms with van der Waals surface area (Å²) in [7, 11) is 0. The molecule has 0 aromatic carbocycles. The van der Waals surface area contributed by atoms with Gasteiger partial charge in [0, 0.05) is 25.0 Å². The number of nitrogens with zero attached hydrogens (tertiary/aromatic N) is 1. The Morgan fingerprint density at radius 2 is 2.33 bits per heavy atom. The van der Waals surface area contributed by atoms with E-state index in [-0.39, 0.29) is 18.3 Å². The number of thiophene rings is 1. The molecular formula is C12H16Cl2N2OS. The predicted octanol–water partition coefficient (Wildman–Crippen LogP) is 2.65. The molecule has 0 saturated carbocycles. The first-order valence-corrected chi connectivity index (χ1v) is 7.19. The van der Waals surface area contributed by atoms with Crippen molar-refractivity contribution in [1.82, 2.24) is 10.2 Å². The Kier molecular flexibility index (Phi) is 4.22. The van der Waals surface area contributed by atoms with E-state index >= 15 is 0 Å². The van der Waals surface area contributed by atoms with Crippen LogP contribution in [0.1, 0.15) is 22.5 Å². The van der Waals surface area contributed by atoms with Crippen LogP contribution in [0.2, 0.25) is 5.02 Å². The van der Waals surface area contributed by atoms with E-state index in [9.17, 15) is 4.79 Å². The highest BCUT2D eigenvalue weighted by Crippen LogP contribution is 2.37. The lowest BCUT2D eigenvalue weighted by Crippen LogP contribution is -2.33. The first-order chi connectivity index (χ1) is 8.20. The Labute approximate surface area is 122 Å². The fourth-order valence-electron chi connectivity index (χ4n) is 2.84. The average molecular weight is 307 g/mol. The van der Waals surface area contributed by atoms with E-state index in [0.29, 0.717) is 15.3 Å². The monoisotopic (exact) mass is 306 g/mol. The fourth-order valence-corrected chi connectivity index (χ4v) is 3.95. The van der Waals surface area contributed by atoms with E-state index in [4.69, 9.17) is 11.6 Å². The Balaban J connectivity index is 0.00000120. The molecule has 0 bridgehead atoms. The van der Waals surface area contributed by atoms with Gasteiger partial charge in [0.05, 0.1) is 5.02 Å². The van der Waals surface area contributed by atoms with Gasteiger partial charge in [0.2, 0.25) is 0 Å². The Bertz CT molecular complexity index is 443. The van der Waals surface area contributed by atoms with Crippen LogP contribution in [0.3, 0.4) is 0 Å². The summed E-state index contributed by atoms with van der Waals surface area (Å²) in [4.78, 5) is 15.0. The molecule has 2 aliphatic heterocycles. The second kappa shape index (κ2) is 5.37. The number of carbonyl (C=O) groups excluding carboxylic acids is 1. The zero-order chi connectivity index (χ0) is 11.9. The second-order valence-electron chi connectivity index (χ2n) is 5.00. The molecule has 1 unspecified atom stereocenters. The van der Waals surface area contributed by atoms with E-state index in [1.54, 1.807) is 6.07 Å². The highest BCUT2D eigenvalue weighted by molar-refractivity contribution is 7.12. The van der Waals surface area contributed by atoms with Gasteiger partial charge < -0.3 is 10.2 Å². The highest BCUT2D eigenvalue weighted by Gasteiger charge is 2.42. The molecule has 2 fully saturated rings. The molecule has 18 heavy (non-hydrogen) atoms. The molecule has 0 aliphatic carbocycles. The van der Waals surface area contributed by atoms with Crippen LogP contribution in [-0.4, -0.2) is 37.0 Å². The van der Waals surface area contributed by atoms with Crippen molar-refractivity contribution in [3.8, 4) is 0 Å². The molecule has 1 aromatic heterocycles. The molecule has 0 radical (unpaired) electrons. The molecule has 2 saturated heterocycles. The number of hydrogen-bond acceptors (Lipinski definition) is 3. The molecule has 1 spiro atoms. The van der Waals surface area contributed by atoms with Gasteiger partial charge in [-0.15, -0.1) is 23.7 Å². The van der Waals surface area contributed by atoms with Gasteiger partial charge in [0.15, 0.2) is 0 Å². The molecule has 1 atom stereocenters. The number of likely N-dealkylation sites (tertiary alicyclic amines) is 1. The van der Waals surface area contributed by atoms with Gasteiger partial charge in [0.25, 0.3) is 5.91 Å². The minimum Gasteiger partial charge on any atom is -0.337 e. The largest absolute Gasteiger partial charge is 0.337 e. The van der Waals surface area contributed by atoms with E-state index in [2.05, 4.69) is 5.32 Å². The number of halogens is 2. The van der Waals surface area contributed by atoms with Gasteiger partial charge in [-0.25, -0.2) is 0 Å². The number of amides is 1. The molecule has 3 nitrogen and oxygen atoms in total. The van der Waals surface area contributed by atoms with Crippen molar-refractivity contribution in [2.24, 2.45) is 5.41 Å². The van der Waals surface area contributed by atoms with Gasteiger partial charge in [-0.05, 0) is 30.8 Å². The maximum absolute atomic E-state index is 12.3. The maximum atomic E-state index is 12.3. The van der Waals surface area contributed by atoms with Crippen LogP contribution >= 0.6 is 35.3 Å². The quantitative estimate of drug-likeness (QED) is 0.865. The van der Waals surface area contributed by atoms with Crippen LogP contribution < -0.4 is 5.32 Å². The van der Waals surface area contributed by atoms with Crippen molar-refractivity contribution in [3.63, 3.8) is 0 Å². The third-order valence-electron chi connectivity index (χ3n) is 3.87. The minimum atomic E-state index is 0. The third kappa shape index (κ3) is 2.39. The molecule has 1 N–H and O–H groups in total. The summed E-state index contributed by atoms with van der Waals surface area (Å²) >= 11 is 7.45. The van der Waals surface area contributed by atoms with Crippen molar-refractivity contribution >= 4 is 41.3 Å². The van der Waals surface area contributed by atoms with Crippen molar-refractivity contribution in [1.29, 1.82) is 0 Å². The molecule has 3 rings (SSSR count). The van der Waals surface area contributed by atoms with Crippen LogP contribution in [0.4, 0.5) is 0 Å². The van der Waals surface area contributed by atoms with Crippen LogP contribution in [-0.2, 0) is 0 Å². The summed E-state index contributed by atoms with van der Waals surface area (Å²) in [5, 5.41) is 5.86. The molecule has 3 heterocycles. The molecule has 100 valence electrons. The predicted molar refractivity (Wildman–Crippen MR) is 77.0 cm³/mol. The summed E-state index contributed by atoms with van der Waals surface area (Å²) in [6.07, 6.45) is 2.31. The van der Waals surface area contributed by atoms with Crippen LogP contribution in [0, 0.1) is 5.41 Å². The van der Waals surface area contributed by atoms with E-state index in [1.807, 2.05) is 10.3 Å². The summed E-state index contributed by atoms with van der Waals surface area (Å²) < 4.78 is 0. The first kappa shape index (κ1) is 14.1. The van der Waals surface area contributed by atoms with E-state index in [0.717, 1.165) is 32.6 Å². The van der Waals surface area contributed by atoms with Gasteiger partial charge in [-0.2, -0.15) is 0 Å². The number of hydrogen-bond donors (Lipinski definition) is 1. The zero-order valence-electron chi connectivity index (χ0n) is 9.95. The minimum absolute atomic E-state index is 0. The Morgan fingerprint density at radius 1 is 1.50 bits per heavy atom. The molecule has 6 heteroatoms. The fraction of sp³-hybridized carbons (Fsp3) is 0.583. The third-order valence-corrected chi connectivity index (χ3v) is 5.20.